The van der Waals surface area contributed by atoms with Gasteiger partial charge in [-0.05, 0) is 18.1 Å². The Kier molecular flexibility index (Phi) is 3.80. The highest BCUT2D eigenvalue weighted by molar-refractivity contribution is 5.28. The lowest BCUT2D eigenvalue weighted by Gasteiger charge is -2.27. The van der Waals surface area contributed by atoms with E-state index in [1.54, 1.807) is 0 Å². The fourth-order valence-electron chi connectivity index (χ4n) is 2.08. The summed E-state index contributed by atoms with van der Waals surface area (Å²) in [6, 6.07) is 17.8. The maximum atomic E-state index is 10.7. The molecule has 0 fully saturated rings. The molecule has 0 spiro atoms. The molecule has 3 N–H and O–H groups in total. The molecule has 2 aromatic rings. The Labute approximate surface area is 108 Å². The van der Waals surface area contributed by atoms with Gasteiger partial charge < -0.3 is 10.8 Å². The predicted octanol–water partition coefficient (Wildman–Crippen LogP) is 2.38. The van der Waals surface area contributed by atoms with E-state index in [9.17, 15) is 5.11 Å². The maximum absolute atomic E-state index is 10.7. The highest BCUT2D eigenvalue weighted by Crippen LogP contribution is 2.24. The smallest absolute Gasteiger partial charge is 0.106 e. The molecule has 94 valence electrons. The average molecular weight is 241 g/mol. The van der Waals surface area contributed by atoms with Crippen molar-refractivity contribution < 1.29 is 5.11 Å². The highest BCUT2D eigenvalue weighted by Gasteiger charge is 2.27. The molecular weight excluding hydrogens is 222 g/mol. The second-order valence-corrected chi connectivity index (χ2v) is 4.76. The molecule has 0 amide bonds. The zero-order chi connectivity index (χ0) is 13.0. The van der Waals surface area contributed by atoms with Gasteiger partial charge in [-0.2, -0.15) is 0 Å². The van der Waals surface area contributed by atoms with Crippen molar-refractivity contribution in [1.29, 1.82) is 0 Å². The molecule has 0 saturated carbocycles. The lowest BCUT2D eigenvalue weighted by atomic mass is 9.87. The van der Waals surface area contributed by atoms with Crippen molar-refractivity contribution in [2.24, 2.45) is 5.73 Å². The zero-order valence-corrected chi connectivity index (χ0v) is 10.6. The first-order valence-corrected chi connectivity index (χ1v) is 6.17. The number of aryl methyl sites for hydroxylation is 1. The summed E-state index contributed by atoms with van der Waals surface area (Å²) in [6.07, 6.45) is 0.536. The summed E-state index contributed by atoms with van der Waals surface area (Å²) >= 11 is 0. The summed E-state index contributed by atoms with van der Waals surface area (Å²) < 4.78 is 0. The first-order chi connectivity index (χ1) is 8.64. The van der Waals surface area contributed by atoms with Crippen LogP contribution < -0.4 is 5.73 Å². The molecule has 0 radical (unpaired) electrons. The van der Waals surface area contributed by atoms with E-state index in [0.29, 0.717) is 6.42 Å². The van der Waals surface area contributed by atoms with E-state index in [0.717, 1.165) is 11.1 Å². The predicted molar refractivity (Wildman–Crippen MR) is 74.3 cm³/mol. The first kappa shape index (κ1) is 12.8. The lowest BCUT2D eigenvalue weighted by molar-refractivity contribution is 0.0463. The van der Waals surface area contributed by atoms with Gasteiger partial charge in [0.15, 0.2) is 0 Å². The molecule has 2 aromatic carbocycles. The molecule has 2 heteroatoms. The van der Waals surface area contributed by atoms with Crippen LogP contribution >= 0.6 is 0 Å². The Balaban J connectivity index is 2.26. The molecule has 1 unspecified atom stereocenters. The molecule has 0 aliphatic rings. The van der Waals surface area contributed by atoms with Gasteiger partial charge in [-0.1, -0.05) is 60.2 Å². The van der Waals surface area contributed by atoms with Crippen LogP contribution in [0.5, 0.6) is 0 Å². The summed E-state index contributed by atoms with van der Waals surface area (Å²) in [5.41, 5.74) is 7.96. The molecule has 0 aliphatic carbocycles. The van der Waals surface area contributed by atoms with E-state index in [2.05, 4.69) is 19.1 Å². The molecule has 2 rings (SSSR count). The standard InChI is InChI=1S/C16H19NO/c1-13-7-9-14(10-8-13)11-16(18,12-17)15-5-3-2-4-6-15/h2-10,18H,11-12,17H2,1H3. The third-order valence-electron chi connectivity index (χ3n) is 3.27. The number of aliphatic hydroxyl groups is 1. The molecule has 18 heavy (non-hydrogen) atoms. The average Bonchev–Trinajstić information content (AvgIpc) is 2.42. The number of rotatable bonds is 4. The summed E-state index contributed by atoms with van der Waals surface area (Å²) in [4.78, 5) is 0. The van der Waals surface area contributed by atoms with Crippen LogP contribution in [-0.4, -0.2) is 11.7 Å². The summed E-state index contributed by atoms with van der Waals surface area (Å²) in [5.74, 6) is 0. The Hall–Kier alpha value is -1.64. The highest BCUT2D eigenvalue weighted by atomic mass is 16.3. The van der Waals surface area contributed by atoms with Crippen molar-refractivity contribution in [3.8, 4) is 0 Å². The van der Waals surface area contributed by atoms with Crippen LogP contribution in [0.15, 0.2) is 54.6 Å². The van der Waals surface area contributed by atoms with Gasteiger partial charge in [0, 0.05) is 13.0 Å². The SMILES string of the molecule is Cc1ccc(CC(O)(CN)c2ccccc2)cc1. The van der Waals surface area contributed by atoms with Crippen molar-refractivity contribution in [1.82, 2.24) is 0 Å². The topological polar surface area (TPSA) is 46.2 Å². The number of hydrogen-bond donors (Lipinski definition) is 2. The van der Waals surface area contributed by atoms with Crippen LogP contribution in [0.2, 0.25) is 0 Å². The fourth-order valence-corrected chi connectivity index (χ4v) is 2.08. The second-order valence-electron chi connectivity index (χ2n) is 4.76. The van der Waals surface area contributed by atoms with E-state index >= 15 is 0 Å². The van der Waals surface area contributed by atoms with Gasteiger partial charge >= 0.3 is 0 Å². The molecule has 0 aromatic heterocycles. The van der Waals surface area contributed by atoms with Gasteiger partial charge in [-0.25, -0.2) is 0 Å². The Morgan fingerprint density at radius 3 is 2.17 bits per heavy atom. The number of hydrogen-bond acceptors (Lipinski definition) is 2. The minimum absolute atomic E-state index is 0.213. The van der Waals surface area contributed by atoms with E-state index in [1.165, 1.54) is 5.56 Å². The van der Waals surface area contributed by atoms with E-state index < -0.39 is 5.60 Å². The van der Waals surface area contributed by atoms with Gasteiger partial charge in [0.05, 0.1) is 0 Å². The van der Waals surface area contributed by atoms with Crippen LogP contribution in [0.25, 0.3) is 0 Å². The van der Waals surface area contributed by atoms with Crippen LogP contribution in [0.3, 0.4) is 0 Å². The fraction of sp³-hybridized carbons (Fsp3) is 0.250. The maximum Gasteiger partial charge on any atom is 0.106 e. The van der Waals surface area contributed by atoms with Crippen molar-refractivity contribution in [3.63, 3.8) is 0 Å². The third kappa shape index (κ3) is 2.78. The van der Waals surface area contributed by atoms with Crippen LogP contribution in [-0.2, 0) is 12.0 Å². The number of nitrogens with two attached hydrogens (primary N) is 1. The van der Waals surface area contributed by atoms with Gasteiger partial charge in [0.2, 0.25) is 0 Å². The van der Waals surface area contributed by atoms with E-state index in [1.807, 2.05) is 42.5 Å². The van der Waals surface area contributed by atoms with Crippen LogP contribution in [0, 0.1) is 6.92 Å². The second kappa shape index (κ2) is 5.34. The molecule has 2 nitrogen and oxygen atoms in total. The Bertz CT molecular complexity index is 492. The Morgan fingerprint density at radius 1 is 1.00 bits per heavy atom. The Morgan fingerprint density at radius 2 is 1.61 bits per heavy atom. The van der Waals surface area contributed by atoms with Gasteiger partial charge in [-0.15, -0.1) is 0 Å². The van der Waals surface area contributed by atoms with Crippen molar-refractivity contribution in [3.05, 3.63) is 71.3 Å². The lowest BCUT2D eigenvalue weighted by Crippen LogP contribution is -2.37. The summed E-state index contributed by atoms with van der Waals surface area (Å²) in [5, 5.41) is 10.7. The molecule has 1 atom stereocenters. The van der Waals surface area contributed by atoms with Gasteiger partial charge in [0.1, 0.15) is 5.60 Å². The van der Waals surface area contributed by atoms with Crippen molar-refractivity contribution >= 4 is 0 Å². The van der Waals surface area contributed by atoms with Gasteiger partial charge in [0.25, 0.3) is 0 Å². The quantitative estimate of drug-likeness (QED) is 0.863. The minimum atomic E-state index is -0.990. The molecule has 0 aliphatic heterocycles. The summed E-state index contributed by atoms with van der Waals surface area (Å²) in [7, 11) is 0. The zero-order valence-electron chi connectivity index (χ0n) is 10.6. The van der Waals surface area contributed by atoms with Crippen molar-refractivity contribution in [2.45, 2.75) is 18.9 Å². The van der Waals surface area contributed by atoms with E-state index in [-0.39, 0.29) is 6.54 Å². The first-order valence-electron chi connectivity index (χ1n) is 6.17. The van der Waals surface area contributed by atoms with Crippen LogP contribution in [0.1, 0.15) is 16.7 Å². The number of benzene rings is 2. The minimum Gasteiger partial charge on any atom is -0.383 e. The third-order valence-corrected chi connectivity index (χ3v) is 3.27. The summed E-state index contributed by atoms with van der Waals surface area (Å²) in [6.45, 7) is 2.26. The normalized spacial score (nSPS) is 14.2. The van der Waals surface area contributed by atoms with Crippen molar-refractivity contribution in [2.75, 3.05) is 6.54 Å². The van der Waals surface area contributed by atoms with E-state index in [4.69, 9.17) is 5.73 Å². The van der Waals surface area contributed by atoms with Gasteiger partial charge in [-0.3, -0.25) is 0 Å². The molecule has 0 saturated heterocycles. The molecule has 0 bridgehead atoms. The molecule has 0 heterocycles. The molecular formula is C16H19NO. The van der Waals surface area contributed by atoms with Crippen LogP contribution in [0.4, 0.5) is 0 Å². The monoisotopic (exact) mass is 241 g/mol. The largest absolute Gasteiger partial charge is 0.383 e.